The number of hydrogen-bond acceptors (Lipinski definition) is 1. The summed E-state index contributed by atoms with van der Waals surface area (Å²) in [5.74, 6) is 0.116. The molecule has 0 bridgehead atoms. The molecule has 0 heterocycles. The first-order valence-corrected chi connectivity index (χ1v) is 5.67. The zero-order chi connectivity index (χ0) is 13.1. The van der Waals surface area contributed by atoms with Gasteiger partial charge < -0.3 is 4.74 Å². The normalized spacial score (nSPS) is 11.9. The summed E-state index contributed by atoms with van der Waals surface area (Å²) in [6.45, 7) is 5.90. The Labute approximate surface area is 99.6 Å². The van der Waals surface area contributed by atoms with Crippen LogP contribution in [0.4, 0.5) is 13.2 Å². The summed E-state index contributed by atoms with van der Waals surface area (Å²) >= 11 is 0. The van der Waals surface area contributed by atoms with E-state index in [2.05, 4.69) is 0 Å². The van der Waals surface area contributed by atoms with Gasteiger partial charge in [0.2, 0.25) is 0 Å². The van der Waals surface area contributed by atoms with E-state index in [1.165, 1.54) is 6.07 Å². The Balaban J connectivity index is 3.03. The van der Waals surface area contributed by atoms with E-state index in [1.807, 2.05) is 20.8 Å². The Hall–Kier alpha value is -1.19. The van der Waals surface area contributed by atoms with Crippen molar-refractivity contribution in [3.05, 3.63) is 29.3 Å². The fourth-order valence-corrected chi connectivity index (χ4v) is 1.40. The second-order valence-corrected chi connectivity index (χ2v) is 4.39. The van der Waals surface area contributed by atoms with Crippen molar-refractivity contribution in [1.82, 2.24) is 0 Å². The molecule has 1 aromatic rings. The highest BCUT2D eigenvalue weighted by atomic mass is 19.4. The number of benzene rings is 1. The van der Waals surface area contributed by atoms with Gasteiger partial charge in [-0.25, -0.2) is 0 Å². The predicted octanol–water partition coefficient (Wildman–Crippen LogP) is 4.30. The van der Waals surface area contributed by atoms with Gasteiger partial charge in [-0.15, -0.1) is 0 Å². The Morgan fingerprint density at radius 3 is 2.35 bits per heavy atom. The lowest BCUT2D eigenvalue weighted by Crippen LogP contribution is -2.12. The second kappa shape index (κ2) is 5.43. The number of alkyl halides is 3. The average Bonchev–Trinajstić information content (AvgIpc) is 2.24. The van der Waals surface area contributed by atoms with Crippen LogP contribution in [0.2, 0.25) is 0 Å². The third-order valence-corrected chi connectivity index (χ3v) is 2.33. The van der Waals surface area contributed by atoms with Crippen LogP contribution in [-0.2, 0) is 12.6 Å². The number of ether oxygens (including phenoxy) is 1. The standard InChI is InChI=1S/C13H17F3O/c1-4-10-5-6-12(17-8-9(2)3)11(7-10)13(14,15)16/h5-7,9H,4,8H2,1-3H3. The average molecular weight is 246 g/mol. The van der Waals surface area contributed by atoms with Crippen molar-refractivity contribution >= 4 is 0 Å². The van der Waals surface area contributed by atoms with Gasteiger partial charge in [-0.1, -0.05) is 26.8 Å². The maximum absolute atomic E-state index is 12.8. The van der Waals surface area contributed by atoms with Crippen LogP contribution in [0.3, 0.4) is 0 Å². The minimum Gasteiger partial charge on any atom is -0.493 e. The van der Waals surface area contributed by atoms with Gasteiger partial charge >= 0.3 is 6.18 Å². The summed E-state index contributed by atoms with van der Waals surface area (Å²) in [7, 11) is 0. The van der Waals surface area contributed by atoms with E-state index < -0.39 is 11.7 Å². The maximum atomic E-state index is 12.8. The van der Waals surface area contributed by atoms with Crippen LogP contribution in [0.1, 0.15) is 31.9 Å². The summed E-state index contributed by atoms with van der Waals surface area (Å²) in [6.07, 6.45) is -3.79. The molecule has 1 rings (SSSR count). The van der Waals surface area contributed by atoms with Crippen LogP contribution in [0.5, 0.6) is 5.75 Å². The lowest BCUT2D eigenvalue weighted by Gasteiger charge is -2.16. The van der Waals surface area contributed by atoms with Gasteiger partial charge in [0.05, 0.1) is 12.2 Å². The van der Waals surface area contributed by atoms with Crippen molar-refractivity contribution in [2.45, 2.75) is 33.4 Å². The Kier molecular flexibility index (Phi) is 4.43. The van der Waals surface area contributed by atoms with Crippen LogP contribution >= 0.6 is 0 Å². The monoisotopic (exact) mass is 246 g/mol. The van der Waals surface area contributed by atoms with E-state index in [0.717, 1.165) is 6.07 Å². The van der Waals surface area contributed by atoms with Crippen molar-refractivity contribution in [3.63, 3.8) is 0 Å². The molecule has 0 aliphatic carbocycles. The number of hydrogen-bond donors (Lipinski definition) is 0. The fraction of sp³-hybridized carbons (Fsp3) is 0.538. The fourth-order valence-electron chi connectivity index (χ4n) is 1.40. The van der Waals surface area contributed by atoms with E-state index in [1.54, 1.807) is 6.07 Å². The molecule has 0 spiro atoms. The lowest BCUT2D eigenvalue weighted by atomic mass is 10.1. The molecule has 0 fully saturated rings. The summed E-state index contributed by atoms with van der Waals surface area (Å²) < 4.78 is 43.6. The van der Waals surface area contributed by atoms with Crippen molar-refractivity contribution in [1.29, 1.82) is 0 Å². The molecule has 0 aromatic heterocycles. The molecule has 0 unspecified atom stereocenters. The molecule has 0 aliphatic heterocycles. The highest BCUT2D eigenvalue weighted by molar-refractivity contribution is 5.39. The summed E-state index contributed by atoms with van der Waals surface area (Å²) in [5, 5.41) is 0. The summed E-state index contributed by atoms with van der Waals surface area (Å²) in [4.78, 5) is 0. The zero-order valence-corrected chi connectivity index (χ0v) is 10.3. The number of aryl methyl sites for hydroxylation is 1. The summed E-state index contributed by atoms with van der Waals surface area (Å²) in [5.41, 5.74) is -0.0216. The molecule has 0 saturated heterocycles. The second-order valence-electron chi connectivity index (χ2n) is 4.39. The van der Waals surface area contributed by atoms with Crippen LogP contribution < -0.4 is 4.74 Å². The van der Waals surface area contributed by atoms with Crippen molar-refractivity contribution in [3.8, 4) is 5.75 Å². The predicted molar refractivity (Wildman–Crippen MR) is 61.2 cm³/mol. The van der Waals surface area contributed by atoms with Gasteiger partial charge in [-0.3, -0.25) is 0 Å². The SMILES string of the molecule is CCc1ccc(OCC(C)C)c(C(F)(F)F)c1. The van der Waals surface area contributed by atoms with E-state index in [0.29, 0.717) is 12.0 Å². The topological polar surface area (TPSA) is 9.23 Å². The van der Waals surface area contributed by atoms with Crippen LogP contribution in [0.25, 0.3) is 0 Å². The molecule has 4 heteroatoms. The molecular formula is C13H17F3O. The largest absolute Gasteiger partial charge is 0.493 e. The molecule has 0 N–H and O–H groups in total. The van der Waals surface area contributed by atoms with Gasteiger partial charge in [0, 0.05) is 0 Å². The smallest absolute Gasteiger partial charge is 0.419 e. The van der Waals surface area contributed by atoms with Crippen molar-refractivity contribution < 1.29 is 17.9 Å². The first-order valence-electron chi connectivity index (χ1n) is 5.67. The number of rotatable bonds is 4. The maximum Gasteiger partial charge on any atom is 0.419 e. The third-order valence-electron chi connectivity index (χ3n) is 2.33. The van der Waals surface area contributed by atoms with Gasteiger partial charge in [-0.05, 0) is 30.0 Å². The molecular weight excluding hydrogens is 229 g/mol. The minimum absolute atomic E-state index is 0.0802. The highest BCUT2D eigenvalue weighted by Gasteiger charge is 2.34. The highest BCUT2D eigenvalue weighted by Crippen LogP contribution is 2.37. The van der Waals surface area contributed by atoms with Crippen LogP contribution in [-0.4, -0.2) is 6.61 Å². The van der Waals surface area contributed by atoms with Crippen molar-refractivity contribution in [2.24, 2.45) is 5.92 Å². The van der Waals surface area contributed by atoms with E-state index in [-0.39, 0.29) is 18.3 Å². The third kappa shape index (κ3) is 3.95. The van der Waals surface area contributed by atoms with Gasteiger partial charge in [0.15, 0.2) is 0 Å². The Morgan fingerprint density at radius 1 is 1.24 bits per heavy atom. The van der Waals surface area contributed by atoms with Crippen LogP contribution in [0, 0.1) is 5.92 Å². The molecule has 1 aromatic carbocycles. The molecule has 0 atom stereocenters. The molecule has 17 heavy (non-hydrogen) atoms. The lowest BCUT2D eigenvalue weighted by molar-refractivity contribution is -0.139. The zero-order valence-electron chi connectivity index (χ0n) is 10.3. The summed E-state index contributed by atoms with van der Waals surface area (Å²) in [6, 6.07) is 4.24. The van der Waals surface area contributed by atoms with Gasteiger partial charge in [-0.2, -0.15) is 13.2 Å². The number of halogens is 3. The van der Waals surface area contributed by atoms with Gasteiger partial charge in [0.25, 0.3) is 0 Å². The van der Waals surface area contributed by atoms with Crippen molar-refractivity contribution in [2.75, 3.05) is 6.61 Å². The Morgan fingerprint density at radius 2 is 1.88 bits per heavy atom. The molecule has 0 saturated carbocycles. The molecule has 96 valence electrons. The molecule has 0 aliphatic rings. The van der Waals surface area contributed by atoms with Gasteiger partial charge in [0.1, 0.15) is 5.75 Å². The van der Waals surface area contributed by atoms with E-state index in [9.17, 15) is 13.2 Å². The first kappa shape index (κ1) is 13.9. The molecule has 0 radical (unpaired) electrons. The van der Waals surface area contributed by atoms with Crippen LogP contribution in [0.15, 0.2) is 18.2 Å². The minimum atomic E-state index is -4.36. The van der Waals surface area contributed by atoms with E-state index >= 15 is 0 Å². The first-order chi connectivity index (χ1) is 7.84. The Bertz CT molecular complexity index is 369. The molecule has 0 amide bonds. The van der Waals surface area contributed by atoms with E-state index in [4.69, 9.17) is 4.74 Å². The quantitative estimate of drug-likeness (QED) is 0.769. The molecule has 1 nitrogen and oxygen atoms in total.